The molecule has 0 spiro atoms. The van der Waals surface area contributed by atoms with Crippen LogP contribution in [0.15, 0.2) is 24.3 Å². The smallest absolute Gasteiger partial charge is 0.422 e. The molecular weight excluding hydrogens is 452 g/mol. The number of alkyl halides is 8. The predicted molar refractivity (Wildman–Crippen MR) is 87.9 cm³/mol. The number of hydrogen-bond acceptors (Lipinski definition) is 6. The first-order valence-corrected chi connectivity index (χ1v) is 8.31. The zero-order valence-corrected chi connectivity index (χ0v) is 16.4. The van der Waals surface area contributed by atoms with Crippen LogP contribution in [-0.4, -0.2) is 62.4 Å². The molecule has 0 aromatic carbocycles. The molecule has 0 rings (SSSR count). The van der Waals surface area contributed by atoms with Crippen LogP contribution < -0.4 is 0 Å². The van der Waals surface area contributed by atoms with Gasteiger partial charge in [0.15, 0.2) is 13.2 Å². The molecule has 0 aromatic heterocycles. The average molecular weight is 472 g/mol. The maximum atomic E-state index is 13.4. The lowest BCUT2D eigenvalue weighted by Crippen LogP contribution is -2.48. The number of carbonyl (C=O) groups excluding carboxylic acids is 2. The zero-order valence-electron chi connectivity index (χ0n) is 16.4. The molecule has 0 N–H and O–H groups in total. The van der Waals surface area contributed by atoms with Crippen molar-refractivity contribution in [3.8, 4) is 0 Å². The Kier molecular flexibility index (Phi) is 10.1. The van der Waals surface area contributed by atoms with Gasteiger partial charge < -0.3 is 18.9 Å². The highest BCUT2D eigenvalue weighted by Gasteiger charge is 2.60. The lowest BCUT2D eigenvalue weighted by molar-refractivity contribution is -0.363. The minimum Gasteiger partial charge on any atom is -0.456 e. The molecule has 180 valence electrons. The lowest BCUT2D eigenvalue weighted by Gasteiger charge is -2.27. The van der Waals surface area contributed by atoms with Gasteiger partial charge in [-0.05, 0) is 20.3 Å². The van der Waals surface area contributed by atoms with Crippen LogP contribution in [0.5, 0.6) is 0 Å². The number of ether oxygens (including phenoxy) is 4. The Balaban J connectivity index is 4.57. The third kappa shape index (κ3) is 8.81. The highest BCUT2D eigenvalue weighted by molar-refractivity contribution is 5.87. The van der Waals surface area contributed by atoms with Crippen molar-refractivity contribution in [1.82, 2.24) is 0 Å². The number of esters is 2. The summed E-state index contributed by atoms with van der Waals surface area (Å²) in [6.45, 7) is 1.56. The van der Waals surface area contributed by atoms with Gasteiger partial charge in [0.25, 0.3) is 0 Å². The molecule has 0 aliphatic rings. The second-order valence-corrected chi connectivity index (χ2v) is 6.21. The molecule has 0 unspecified atom stereocenters. The minimum absolute atomic E-state index is 0.329. The summed E-state index contributed by atoms with van der Waals surface area (Å²) in [6.07, 6.45) is -11.3. The van der Waals surface area contributed by atoms with E-state index in [-0.39, 0.29) is 11.1 Å². The van der Waals surface area contributed by atoms with Crippen LogP contribution in [-0.2, 0) is 28.5 Å². The van der Waals surface area contributed by atoms with Crippen molar-refractivity contribution in [2.45, 2.75) is 44.3 Å². The molecule has 31 heavy (non-hydrogen) atoms. The second-order valence-electron chi connectivity index (χ2n) is 6.21. The predicted octanol–water partition coefficient (Wildman–Crippen LogP) is 4.10. The van der Waals surface area contributed by atoms with Gasteiger partial charge in [0.2, 0.25) is 0 Å². The zero-order chi connectivity index (χ0) is 24.7. The van der Waals surface area contributed by atoms with Crippen molar-refractivity contribution in [3.05, 3.63) is 24.3 Å². The van der Waals surface area contributed by atoms with E-state index in [0.717, 1.165) is 13.8 Å². The Morgan fingerprint density at radius 2 is 0.968 bits per heavy atom. The van der Waals surface area contributed by atoms with Crippen LogP contribution in [0.3, 0.4) is 0 Å². The van der Waals surface area contributed by atoms with Crippen molar-refractivity contribution in [1.29, 1.82) is 0 Å². The summed E-state index contributed by atoms with van der Waals surface area (Å²) >= 11 is 0. The fourth-order valence-corrected chi connectivity index (χ4v) is 1.40. The van der Waals surface area contributed by atoms with E-state index in [1.165, 1.54) is 0 Å². The molecule has 0 atom stereocenters. The van der Waals surface area contributed by atoms with Gasteiger partial charge in [-0.3, -0.25) is 0 Å². The molecule has 14 heteroatoms. The molecule has 0 aromatic rings. The maximum Gasteiger partial charge on any atom is 0.422 e. The van der Waals surface area contributed by atoms with Gasteiger partial charge in [0, 0.05) is 11.1 Å². The summed E-state index contributed by atoms with van der Waals surface area (Å²) in [5, 5.41) is 0. The minimum atomic E-state index is -5.18. The van der Waals surface area contributed by atoms with Crippen LogP contribution >= 0.6 is 0 Å². The van der Waals surface area contributed by atoms with Crippen LogP contribution in [0.4, 0.5) is 35.1 Å². The highest BCUT2D eigenvalue weighted by atomic mass is 19.3. The SMILES string of the molecule is C=C(C)C(=O)OCC(F)(F)C(F)(F)OCCCOC(F)(F)C(F)(F)COC(=O)C(=C)C. The Morgan fingerprint density at radius 1 is 0.677 bits per heavy atom. The number of hydrogen-bond donors (Lipinski definition) is 0. The first-order chi connectivity index (χ1) is 13.9. The molecule has 0 saturated heterocycles. The lowest BCUT2D eigenvalue weighted by atomic mass is 10.3. The van der Waals surface area contributed by atoms with Crippen LogP contribution in [0.25, 0.3) is 0 Å². The van der Waals surface area contributed by atoms with Crippen LogP contribution in [0, 0.1) is 0 Å². The Morgan fingerprint density at radius 3 is 1.23 bits per heavy atom. The van der Waals surface area contributed by atoms with Crippen molar-refractivity contribution in [3.63, 3.8) is 0 Å². The Bertz CT molecular complexity index is 622. The van der Waals surface area contributed by atoms with Gasteiger partial charge in [0.1, 0.15) is 0 Å². The maximum absolute atomic E-state index is 13.4. The summed E-state index contributed by atoms with van der Waals surface area (Å²) in [7, 11) is 0. The van der Waals surface area contributed by atoms with Gasteiger partial charge in [-0.1, -0.05) is 13.2 Å². The van der Waals surface area contributed by atoms with Gasteiger partial charge >= 0.3 is 36.0 Å². The van der Waals surface area contributed by atoms with Gasteiger partial charge in [0.05, 0.1) is 13.2 Å². The van der Waals surface area contributed by atoms with E-state index in [9.17, 15) is 44.7 Å². The van der Waals surface area contributed by atoms with E-state index in [0.29, 0.717) is 0 Å². The summed E-state index contributed by atoms with van der Waals surface area (Å²) in [5.74, 6) is -12.7. The normalized spacial score (nSPS) is 13.0. The third-order valence-corrected chi connectivity index (χ3v) is 3.17. The number of halogens is 8. The van der Waals surface area contributed by atoms with Crippen molar-refractivity contribution >= 4 is 11.9 Å². The Hall–Kier alpha value is -2.22. The molecule has 6 nitrogen and oxygen atoms in total. The largest absolute Gasteiger partial charge is 0.456 e. The van der Waals surface area contributed by atoms with Crippen molar-refractivity contribution in [2.24, 2.45) is 0 Å². The number of carbonyl (C=O) groups is 2. The Labute approximate surface area is 171 Å². The monoisotopic (exact) mass is 472 g/mol. The topological polar surface area (TPSA) is 71.1 Å². The molecule has 0 radical (unpaired) electrons. The molecule has 0 aliphatic carbocycles. The molecule has 0 heterocycles. The summed E-state index contributed by atoms with van der Waals surface area (Å²) in [5.41, 5.74) is -0.659. The summed E-state index contributed by atoms with van der Waals surface area (Å²) in [6, 6.07) is 0. The van der Waals surface area contributed by atoms with E-state index in [1.54, 1.807) is 0 Å². The average Bonchev–Trinajstić information content (AvgIpc) is 2.63. The fraction of sp³-hybridized carbons (Fsp3) is 0.647. The fourth-order valence-electron chi connectivity index (χ4n) is 1.40. The van der Waals surface area contributed by atoms with E-state index < -0.39 is 68.8 Å². The first kappa shape index (κ1) is 28.8. The first-order valence-electron chi connectivity index (χ1n) is 8.31. The van der Waals surface area contributed by atoms with E-state index in [1.807, 2.05) is 0 Å². The van der Waals surface area contributed by atoms with Crippen molar-refractivity contribution < 1.29 is 63.7 Å². The highest BCUT2D eigenvalue weighted by Crippen LogP contribution is 2.37. The van der Waals surface area contributed by atoms with Gasteiger partial charge in [-0.2, -0.15) is 35.1 Å². The van der Waals surface area contributed by atoms with E-state index in [4.69, 9.17) is 0 Å². The summed E-state index contributed by atoms with van der Waals surface area (Å²) < 4.78 is 122. The van der Waals surface area contributed by atoms with E-state index >= 15 is 0 Å². The molecule has 0 aliphatic heterocycles. The quantitative estimate of drug-likeness (QED) is 0.164. The molecular formula is C17H20F8O6. The van der Waals surface area contributed by atoms with Crippen molar-refractivity contribution in [2.75, 3.05) is 26.4 Å². The molecule has 0 bridgehead atoms. The third-order valence-electron chi connectivity index (χ3n) is 3.17. The van der Waals surface area contributed by atoms with Gasteiger partial charge in [-0.15, -0.1) is 0 Å². The molecule has 0 fully saturated rings. The summed E-state index contributed by atoms with van der Waals surface area (Å²) in [4.78, 5) is 22.0. The van der Waals surface area contributed by atoms with Crippen LogP contribution in [0.1, 0.15) is 20.3 Å². The van der Waals surface area contributed by atoms with E-state index in [2.05, 4.69) is 32.1 Å². The second kappa shape index (κ2) is 10.9. The molecule has 0 saturated carbocycles. The van der Waals surface area contributed by atoms with Crippen LogP contribution in [0.2, 0.25) is 0 Å². The standard InChI is InChI=1S/C17H20F8O6/c1-10(2)12(26)28-8-14(18,19)16(22,23)30-6-5-7-31-17(24,25)15(20,21)9-29-13(27)11(3)4/h1,3,5-9H2,2,4H3. The van der Waals surface area contributed by atoms with Gasteiger partial charge in [-0.25, -0.2) is 9.59 Å². The molecule has 0 amide bonds. The number of rotatable bonds is 14.